The number of guanidine groups is 1. The van der Waals surface area contributed by atoms with Crippen molar-refractivity contribution in [3.8, 4) is 0 Å². The summed E-state index contributed by atoms with van der Waals surface area (Å²) in [5.41, 5.74) is 2.59. The Balaban J connectivity index is 1.57. The minimum absolute atomic E-state index is 0.288. The van der Waals surface area contributed by atoms with E-state index in [0.29, 0.717) is 0 Å². The number of benzene rings is 1. The van der Waals surface area contributed by atoms with Crippen LogP contribution in [0.5, 0.6) is 0 Å². The van der Waals surface area contributed by atoms with Gasteiger partial charge in [-0.2, -0.15) is 0 Å². The number of piperazine rings is 1. The van der Waals surface area contributed by atoms with Crippen LogP contribution in [0.1, 0.15) is 17.2 Å². The van der Waals surface area contributed by atoms with Crippen LogP contribution >= 0.6 is 0 Å². The van der Waals surface area contributed by atoms with Crippen LogP contribution in [0.25, 0.3) is 0 Å². The average molecular weight is 382 g/mol. The van der Waals surface area contributed by atoms with Crippen molar-refractivity contribution < 1.29 is 0 Å². The number of nitrogens with one attached hydrogen (secondary N) is 1. The number of aromatic nitrogens is 2. The molecule has 1 fully saturated rings. The Morgan fingerprint density at radius 1 is 1.11 bits per heavy atom. The van der Waals surface area contributed by atoms with E-state index in [1.54, 1.807) is 12.4 Å². The second-order valence-corrected chi connectivity index (χ2v) is 7.34. The molecule has 1 N–H and O–H groups in total. The minimum Gasteiger partial charge on any atom is -0.354 e. The van der Waals surface area contributed by atoms with Gasteiger partial charge in [0, 0.05) is 52.2 Å². The summed E-state index contributed by atoms with van der Waals surface area (Å²) in [7, 11) is 6.09. The van der Waals surface area contributed by atoms with Crippen molar-refractivity contribution in [2.45, 2.75) is 13.0 Å². The number of rotatable bonds is 5. The van der Waals surface area contributed by atoms with Gasteiger partial charge in [-0.05, 0) is 32.6 Å². The van der Waals surface area contributed by atoms with Crippen molar-refractivity contribution in [3.05, 3.63) is 53.9 Å². The third kappa shape index (κ3) is 4.98. The van der Waals surface area contributed by atoms with Crippen LogP contribution in [-0.2, 0) is 0 Å². The van der Waals surface area contributed by atoms with Crippen molar-refractivity contribution in [3.63, 3.8) is 0 Å². The van der Waals surface area contributed by atoms with Crippen molar-refractivity contribution in [2.75, 3.05) is 58.8 Å². The molecule has 2 aromatic rings. The number of hydrogen-bond donors (Lipinski definition) is 1. The number of aliphatic imine (C=N–C) groups is 1. The van der Waals surface area contributed by atoms with Gasteiger partial charge in [-0.15, -0.1) is 0 Å². The molecule has 1 unspecified atom stereocenters. The Bertz CT molecular complexity index is 750. The van der Waals surface area contributed by atoms with Crippen molar-refractivity contribution in [2.24, 2.45) is 4.99 Å². The molecule has 150 valence electrons. The van der Waals surface area contributed by atoms with E-state index in [9.17, 15) is 0 Å². The molecule has 1 aliphatic heterocycles. The molecule has 1 saturated heterocycles. The molecule has 0 aliphatic carbocycles. The lowest BCUT2D eigenvalue weighted by Crippen LogP contribution is -2.53. The highest BCUT2D eigenvalue weighted by molar-refractivity contribution is 5.80. The van der Waals surface area contributed by atoms with E-state index in [0.717, 1.165) is 44.6 Å². The first-order chi connectivity index (χ1) is 13.6. The Labute approximate surface area is 168 Å². The molecular weight excluding hydrogens is 350 g/mol. The van der Waals surface area contributed by atoms with Gasteiger partial charge in [-0.3, -0.25) is 4.99 Å². The smallest absolute Gasteiger partial charge is 0.225 e. The SMILES string of the molecule is CN=C(NCC(c1ccc(C)cc1)N(C)C)N1CCN(c2ncccn2)CC1. The van der Waals surface area contributed by atoms with E-state index >= 15 is 0 Å². The van der Waals surface area contributed by atoms with E-state index in [4.69, 9.17) is 0 Å². The second-order valence-electron chi connectivity index (χ2n) is 7.34. The largest absolute Gasteiger partial charge is 0.354 e. The molecule has 0 spiro atoms. The molecule has 2 heterocycles. The zero-order chi connectivity index (χ0) is 19.9. The number of anilines is 1. The molecule has 0 radical (unpaired) electrons. The summed E-state index contributed by atoms with van der Waals surface area (Å²) in [6.07, 6.45) is 3.59. The fourth-order valence-corrected chi connectivity index (χ4v) is 3.48. The van der Waals surface area contributed by atoms with E-state index in [2.05, 4.69) is 80.3 Å². The van der Waals surface area contributed by atoms with Gasteiger partial charge in [0.2, 0.25) is 5.95 Å². The van der Waals surface area contributed by atoms with Gasteiger partial charge in [0.05, 0.1) is 6.04 Å². The monoisotopic (exact) mass is 381 g/mol. The lowest BCUT2D eigenvalue weighted by molar-refractivity contribution is 0.292. The van der Waals surface area contributed by atoms with E-state index in [1.165, 1.54) is 11.1 Å². The highest BCUT2D eigenvalue weighted by Crippen LogP contribution is 2.18. The van der Waals surface area contributed by atoms with Crippen molar-refractivity contribution in [1.82, 2.24) is 25.1 Å². The Morgan fingerprint density at radius 2 is 1.75 bits per heavy atom. The zero-order valence-corrected chi connectivity index (χ0v) is 17.3. The number of nitrogens with zero attached hydrogens (tertiary/aromatic N) is 6. The standard InChI is InChI=1S/C21H31N7/c1-17-6-8-18(9-7-17)19(26(3)4)16-25-20(22-2)27-12-14-28(15-13-27)21-23-10-5-11-24-21/h5-11,19H,12-16H2,1-4H3,(H,22,25). The van der Waals surface area contributed by atoms with Crippen LogP contribution in [0.4, 0.5) is 5.95 Å². The fraction of sp³-hybridized carbons (Fsp3) is 0.476. The van der Waals surface area contributed by atoms with Gasteiger partial charge in [-0.25, -0.2) is 9.97 Å². The second kappa shape index (κ2) is 9.50. The van der Waals surface area contributed by atoms with Crippen molar-refractivity contribution in [1.29, 1.82) is 0 Å². The van der Waals surface area contributed by atoms with Crippen LogP contribution in [0.15, 0.2) is 47.7 Å². The molecule has 28 heavy (non-hydrogen) atoms. The van der Waals surface area contributed by atoms with Gasteiger partial charge in [0.15, 0.2) is 5.96 Å². The summed E-state index contributed by atoms with van der Waals surface area (Å²) in [5.74, 6) is 1.75. The van der Waals surface area contributed by atoms with Crippen LogP contribution in [0, 0.1) is 6.92 Å². The predicted octanol–water partition coefficient (Wildman–Crippen LogP) is 1.79. The van der Waals surface area contributed by atoms with Crippen molar-refractivity contribution >= 4 is 11.9 Å². The molecule has 0 bridgehead atoms. The molecule has 7 heteroatoms. The third-order valence-electron chi connectivity index (χ3n) is 5.16. The van der Waals surface area contributed by atoms with Gasteiger partial charge in [0.25, 0.3) is 0 Å². The minimum atomic E-state index is 0.288. The molecule has 1 aromatic carbocycles. The van der Waals surface area contributed by atoms with Gasteiger partial charge >= 0.3 is 0 Å². The Morgan fingerprint density at radius 3 is 2.32 bits per heavy atom. The summed E-state index contributed by atoms with van der Waals surface area (Å²) >= 11 is 0. The molecule has 1 atom stereocenters. The lowest BCUT2D eigenvalue weighted by atomic mass is 10.0. The maximum absolute atomic E-state index is 4.51. The molecule has 0 amide bonds. The zero-order valence-electron chi connectivity index (χ0n) is 17.3. The van der Waals surface area contributed by atoms with Crippen LogP contribution in [0.3, 0.4) is 0 Å². The van der Waals surface area contributed by atoms with Crippen LogP contribution in [0.2, 0.25) is 0 Å². The summed E-state index contributed by atoms with van der Waals surface area (Å²) in [6, 6.07) is 10.9. The fourth-order valence-electron chi connectivity index (χ4n) is 3.48. The number of aryl methyl sites for hydroxylation is 1. The van der Waals surface area contributed by atoms with E-state index in [1.807, 2.05) is 13.1 Å². The maximum Gasteiger partial charge on any atom is 0.225 e. The highest BCUT2D eigenvalue weighted by atomic mass is 15.4. The summed E-state index contributed by atoms with van der Waals surface area (Å²) in [4.78, 5) is 20.0. The molecule has 0 saturated carbocycles. The summed E-state index contributed by atoms with van der Waals surface area (Å²) in [6.45, 7) is 6.50. The van der Waals surface area contributed by atoms with Gasteiger partial charge in [-0.1, -0.05) is 29.8 Å². The van der Waals surface area contributed by atoms with Gasteiger partial charge < -0.3 is 20.0 Å². The third-order valence-corrected chi connectivity index (χ3v) is 5.16. The lowest BCUT2D eigenvalue weighted by Gasteiger charge is -2.37. The van der Waals surface area contributed by atoms with E-state index in [-0.39, 0.29) is 6.04 Å². The van der Waals surface area contributed by atoms with Gasteiger partial charge in [0.1, 0.15) is 0 Å². The Hall–Kier alpha value is -2.67. The predicted molar refractivity (Wildman–Crippen MR) is 115 cm³/mol. The molecule has 1 aromatic heterocycles. The normalized spacial score (nSPS) is 16.4. The van der Waals surface area contributed by atoms with Crippen LogP contribution < -0.4 is 10.2 Å². The highest BCUT2D eigenvalue weighted by Gasteiger charge is 2.22. The average Bonchev–Trinajstić information content (AvgIpc) is 2.73. The molecular formula is C21H31N7. The first-order valence-corrected chi connectivity index (χ1v) is 9.79. The Kier molecular flexibility index (Phi) is 6.81. The van der Waals surface area contributed by atoms with E-state index < -0.39 is 0 Å². The van der Waals surface area contributed by atoms with Crippen LogP contribution in [-0.4, -0.2) is 79.6 Å². The first-order valence-electron chi connectivity index (χ1n) is 9.79. The quantitative estimate of drug-likeness (QED) is 0.629. The number of likely N-dealkylation sites (N-methyl/N-ethyl adjacent to an activating group) is 1. The molecule has 3 rings (SSSR count). The summed E-state index contributed by atoms with van der Waals surface area (Å²) in [5, 5.41) is 3.57. The molecule has 1 aliphatic rings. The summed E-state index contributed by atoms with van der Waals surface area (Å²) < 4.78 is 0. The topological polar surface area (TPSA) is 59.9 Å². The first kappa shape index (κ1) is 20.1. The number of hydrogen-bond acceptors (Lipinski definition) is 5. The maximum atomic E-state index is 4.51. The molecule has 7 nitrogen and oxygen atoms in total.